The lowest BCUT2D eigenvalue weighted by Crippen LogP contribution is -2.35. The molecule has 1 saturated carbocycles. The maximum Gasteiger partial charge on any atom is 0.243 e. The maximum atomic E-state index is 13.9. The molecule has 0 amide bonds. The van der Waals surface area contributed by atoms with E-state index >= 15 is 0 Å². The summed E-state index contributed by atoms with van der Waals surface area (Å²) in [7, 11) is -0.436. The molecule has 2 rings (SSSR count). The van der Waals surface area contributed by atoms with E-state index in [4.69, 9.17) is 11.6 Å². The van der Waals surface area contributed by atoms with Crippen LogP contribution in [0.1, 0.15) is 31.2 Å². The van der Waals surface area contributed by atoms with Gasteiger partial charge in [0.1, 0.15) is 5.82 Å². The summed E-state index contributed by atoms with van der Waals surface area (Å²) in [6.45, 7) is 0.312. The van der Waals surface area contributed by atoms with Gasteiger partial charge < -0.3 is 5.32 Å². The van der Waals surface area contributed by atoms with Gasteiger partial charge in [-0.1, -0.05) is 24.4 Å². The largest absolute Gasteiger partial charge is 0.316 e. The van der Waals surface area contributed by atoms with Gasteiger partial charge in [-0.3, -0.25) is 0 Å². The Labute approximate surface area is 130 Å². The summed E-state index contributed by atoms with van der Waals surface area (Å²) in [6, 6.07) is 2.45. The van der Waals surface area contributed by atoms with E-state index in [1.165, 1.54) is 10.4 Å². The first-order valence-corrected chi connectivity index (χ1v) is 8.80. The number of nitrogens with zero attached hydrogens (tertiary/aromatic N) is 1. The summed E-state index contributed by atoms with van der Waals surface area (Å²) in [5.41, 5.74) is 0.442. The van der Waals surface area contributed by atoms with Crippen LogP contribution in [-0.2, 0) is 16.6 Å². The predicted molar refractivity (Wildman–Crippen MR) is 81.4 cm³/mol. The van der Waals surface area contributed by atoms with E-state index in [9.17, 15) is 12.8 Å². The Hall–Kier alpha value is -0.690. The van der Waals surface area contributed by atoms with Crippen LogP contribution >= 0.6 is 11.6 Å². The van der Waals surface area contributed by atoms with Gasteiger partial charge in [-0.05, 0) is 37.6 Å². The molecule has 1 N–H and O–H groups in total. The molecule has 1 aromatic rings. The van der Waals surface area contributed by atoms with Gasteiger partial charge in [0.05, 0.1) is 9.92 Å². The summed E-state index contributed by atoms with van der Waals surface area (Å²) in [6.07, 6.45) is 3.78. The first kappa shape index (κ1) is 16.7. The van der Waals surface area contributed by atoms with Crippen molar-refractivity contribution in [2.45, 2.75) is 43.2 Å². The van der Waals surface area contributed by atoms with Crippen molar-refractivity contribution in [3.8, 4) is 0 Å². The van der Waals surface area contributed by atoms with E-state index in [1.54, 1.807) is 14.1 Å². The normalized spacial score (nSPS) is 16.8. The summed E-state index contributed by atoms with van der Waals surface area (Å²) in [4.78, 5) is -0.0379. The SMILES string of the molecule is CNCc1cc(S(=O)(=O)N(C)C2CCCC2)cc(F)c1Cl. The van der Waals surface area contributed by atoms with Crippen LogP contribution in [0.3, 0.4) is 0 Å². The standard InChI is InChI=1S/C14H20ClFN2O2S/c1-17-9-10-7-12(8-13(16)14(10)15)21(19,20)18(2)11-5-3-4-6-11/h7-8,11,17H,3-6,9H2,1-2H3. The fourth-order valence-corrected chi connectivity index (χ4v) is 4.37. The minimum atomic E-state index is -3.70. The summed E-state index contributed by atoms with van der Waals surface area (Å²) < 4.78 is 40.5. The van der Waals surface area contributed by atoms with Gasteiger partial charge in [0.2, 0.25) is 10.0 Å². The molecule has 0 heterocycles. The van der Waals surface area contributed by atoms with Crippen LogP contribution in [0.25, 0.3) is 0 Å². The molecular formula is C14H20ClFN2O2S. The van der Waals surface area contributed by atoms with Gasteiger partial charge in [-0.2, -0.15) is 4.31 Å². The molecule has 1 aromatic carbocycles. The van der Waals surface area contributed by atoms with Crippen molar-refractivity contribution in [1.29, 1.82) is 0 Å². The lowest BCUT2D eigenvalue weighted by atomic mass is 10.2. The Morgan fingerprint density at radius 2 is 2.00 bits per heavy atom. The van der Waals surface area contributed by atoms with Crippen molar-refractivity contribution < 1.29 is 12.8 Å². The van der Waals surface area contributed by atoms with Crippen molar-refractivity contribution >= 4 is 21.6 Å². The number of hydrogen-bond acceptors (Lipinski definition) is 3. The molecule has 0 aromatic heterocycles. The second-order valence-electron chi connectivity index (χ2n) is 5.37. The first-order valence-electron chi connectivity index (χ1n) is 6.98. The van der Waals surface area contributed by atoms with Crippen LogP contribution in [0.15, 0.2) is 17.0 Å². The molecule has 1 fully saturated rings. The van der Waals surface area contributed by atoms with Gasteiger partial charge in [0, 0.05) is 19.6 Å². The second kappa shape index (κ2) is 6.60. The molecule has 0 radical (unpaired) electrons. The third-order valence-electron chi connectivity index (χ3n) is 3.96. The number of halogens is 2. The van der Waals surface area contributed by atoms with E-state index in [1.807, 2.05) is 0 Å². The molecule has 118 valence electrons. The zero-order chi connectivity index (χ0) is 15.6. The third-order valence-corrected chi connectivity index (χ3v) is 6.27. The summed E-state index contributed by atoms with van der Waals surface area (Å²) in [5, 5.41) is 2.82. The molecule has 1 aliphatic carbocycles. The van der Waals surface area contributed by atoms with Crippen LogP contribution in [-0.4, -0.2) is 32.9 Å². The van der Waals surface area contributed by atoms with Gasteiger partial charge >= 0.3 is 0 Å². The summed E-state index contributed by atoms with van der Waals surface area (Å²) >= 11 is 5.88. The van der Waals surface area contributed by atoms with Crippen LogP contribution in [0.4, 0.5) is 4.39 Å². The van der Waals surface area contributed by atoms with Crippen LogP contribution < -0.4 is 5.32 Å². The molecule has 0 saturated heterocycles. The number of hydrogen-bond donors (Lipinski definition) is 1. The van der Waals surface area contributed by atoms with E-state index in [-0.39, 0.29) is 16.0 Å². The quantitative estimate of drug-likeness (QED) is 0.900. The molecule has 0 bridgehead atoms. The van der Waals surface area contributed by atoms with Crippen molar-refractivity contribution in [2.24, 2.45) is 0 Å². The highest BCUT2D eigenvalue weighted by Gasteiger charge is 2.31. The minimum absolute atomic E-state index is 0.00138. The van der Waals surface area contributed by atoms with Gasteiger partial charge in [-0.15, -0.1) is 0 Å². The molecule has 0 aliphatic heterocycles. The molecule has 4 nitrogen and oxygen atoms in total. The number of sulfonamides is 1. The molecule has 0 spiro atoms. The highest BCUT2D eigenvalue weighted by molar-refractivity contribution is 7.89. The van der Waals surface area contributed by atoms with E-state index < -0.39 is 15.8 Å². The predicted octanol–water partition coefficient (Wildman–Crippen LogP) is 2.76. The van der Waals surface area contributed by atoms with Crippen molar-refractivity contribution in [1.82, 2.24) is 9.62 Å². The first-order chi connectivity index (χ1) is 9.87. The molecule has 1 aliphatic rings. The third kappa shape index (κ3) is 3.39. The van der Waals surface area contributed by atoms with Crippen LogP contribution in [0.2, 0.25) is 5.02 Å². The van der Waals surface area contributed by atoms with E-state index in [0.717, 1.165) is 31.7 Å². The van der Waals surface area contributed by atoms with Gasteiger partial charge in [0.15, 0.2) is 0 Å². The topological polar surface area (TPSA) is 49.4 Å². The Morgan fingerprint density at radius 1 is 1.38 bits per heavy atom. The fraction of sp³-hybridized carbons (Fsp3) is 0.571. The molecule has 0 unspecified atom stereocenters. The lowest BCUT2D eigenvalue weighted by molar-refractivity contribution is 0.372. The smallest absolute Gasteiger partial charge is 0.243 e. The highest BCUT2D eigenvalue weighted by Crippen LogP contribution is 2.30. The van der Waals surface area contributed by atoms with Crippen LogP contribution in [0, 0.1) is 5.82 Å². The summed E-state index contributed by atoms with van der Waals surface area (Å²) in [5.74, 6) is -0.706. The molecule has 7 heteroatoms. The maximum absolute atomic E-state index is 13.9. The zero-order valence-electron chi connectivity index (χ0n) is 12.2. The fourth-order valence-electron chi connectivity index (χ4n) is 2.72. The van der Waals surface area contributed by atoms with Crippen molar-refractivity contribution in [3.63, 3.8) is 0 Å². The van der Waals surface area contributed by atoms with E-state index in [0.29, 0.717) is 12.1 Å². The zero-order valence-corrected chi connectivity index (χ0v) is 13.8. The second-order valence-corrected chi connectivity index (χ2v) is 7.74. The number of rotatable bonds is 5. The van der Waals surface area contributed by atoms with E-state index in [2.05, 4.69) is 5.32 Å². The Balaban J connectivity index is 2.39. The lowest BCUT2D eigenvalue weighted by Gasteiger charge is -2.24. The average Bonchev–Trinajstić information content (AvgIpc) is 2.96. The monoisotopic (exact) mass is 334 g/mol. The Bertz CT molecular complexity index is 616. The average molecular weight is 335 g/mol. The number of benzene rings is 1. The molecule has 21 heavy (non-hydrogen) atoms. The minimum Gasteiger partial charge on any atom is -0.316 e. The highest BCUT2D eigenvalue weighted by atomic mass is 35.5. The van der Waals surface area contributed by atoms with Gasteiger partial charge in [0.25, 0.3) is 0 Å². The van der Waals surface area contributed by atoms with Crippen molar-refractivity contribution in [3.05, 3.63) is 28.5 Å². The van der Waals surface area contributed by atoms with Gasteiger partial charge in [-0.25, -0.2) is 12.8 Å². The molecule has 0 atom stereocenters. The Kier molecular flexibility index (Phi) is 5.24. The molecular weight excluding hydrogens is 315 g/mol. The number of nitrogens with one attached hydrogen (secondary N) is 1. The van der Waals surface area contributed by atoms with Crippen molar-refractivity contribution in [2.75, 3.05) is 14.1 Å². The van der Waals surface area contributed by atoms with Crippen LogP contribution in [0.5, 0.6) is 0 Å². The Morgan fingerprint density at radius 3 is 2.57 bits per heavy atom.